The Morgan fingerprint density at radius 1 is 1.24 bits per heavy atom. The van der Waals surface area contributed by atoms with Crippen molar-refractivity contribution >= 4 is 11.6 Å². The maximum atomic E-state index is 12.3. The van der Waals surface area contributed by atoms with E-state index in [2.05, 4.69) is 13.0 Å². The summed E-state index contributed by atoms with van der Waals surface area (Å²) in [5, 5.41) is 20.5. The molecule has 0 amide bonds. The summed E-state index contributed by atoms with van der Waals surface area (Å²) in [5.74, 6) is 1.15. The minimum atomic E-state index is -1.39. The molecule has 0 bridgehead atoms. The molecule has 4 rings (SSSR count). The highest BCUT2D eigenvalue weighted by molar-refractivity contribution is 5.89. The summed E-state index contributed by atoms with van der Waals surface area (Å²) in [6, 6.07) is 0. The van der Waals surface area contributed by atoms with E-state index in [0.717, 1.165) is 32.1 Å². The van der Waals surface area contributed by atoms with Gasteiger partial charge in [-0.15, -0.1) is 0 Å². The molecule has 0 unspecified atom stereocenters. The van der Waals surface area contributed by atoms with Crippen LogP contribution >= 0.6 is 0 Å². The Labute approximate surface area is 149 Å². The number of carbonyl (C=O) groups is 2. The number of carbonyl (C=O) groups excluding carboxylic acids is 2. The van der Waals surface area contributed by atoms with Crippen LogP contribution in [-0.4, -0.2) is 34.0 Å². The van der Waals surface area contributed by atoms with Crippen molar-refractivity contribution in [2.24, 2.45) is 28.6 Å². The van der Waals surface area contributed by atoms with Crippen LogP contribution in [0.5, 0.6) is 0 Å². The van der Waals surface area contributed by atoms with Gasteiger partial charge in [0.05, 0.1) is 0 Å². The average molecular weight is 346 g/mol. The molecule has 0 aromatic rings. The Balaban J connectivity index is 1.71. The third kappa shape index (κ3) is 2.13. The predicted octanol–water partition coefficient (Wildman–Crippen LogP) is 2.81. The third-order valence-corrected chi connectivity index (χ3v) is 8.60. The topological polar surface area (TPSA) is 74.6 Å². The molecule has 3 saturated carbocycles. The molecule has 2 N–H and O–H groups in total. The van der Waals surface area contributed by atoms with Crippen LogP contribution in [0.1, 0.15) is 65.2 Å². The highest BCUT2D eigenvalue weighted by Crippen LogP contribution is 2.66. The fraction of sp³-hybridized carbons (Fsp3) is 0.810. The predicted molar refractivity (Wildman–Crippen MR) is 93.8 cm³/mol. The lowest BCUT2D eigenvalue weighted by Gasteiger charge is -2.56. The second-order valence-corrected chi connectivity index (χ2v) is 9.41. The zero-order chi connectivity index (χ0) is 18.0. The number of fused-ring (bicyclic) bond motifs is 5. The average Bonchev–Trinajstić information content (AvgIpc) is 2.87. The maximum absolute atomic E-state index is 12.3. The lowest BCUT2D eigenvalue weighted by atomic mass is 9.48. The van der Waals surface area contributed by atoms with Gasteiger partial charge in [-0.2, -0.15) is 0 Å². The molecule has 4 aliphatic rings. The van der Waals surface area contributed by atoms with Gasteiger partial charge in [0.1, 0.15) is 18.0 Å². The molecule has 3 fully saturated rings. The number of aliphatic hydroxyl groups is 2. The molecule has 0 aliphatic heterocycles. The number of Topliss-reactive ketones (excluding diaryl/α,β-unsaturated/α-hetero) is 2. The third-order valence-electron chi connectivity index (χ3n) is 8.60. The summed E-state index contributed by atoms with van der Waals surface area (Å²) in [7, 11) is 0. The lowest BCUT2D eigenvalue weighted by molar-refractivity contribution is -0.156. The van der Waals surface area contributed by atoms with Crippen LogP contribution in [0, 0.1) is 28.6 Å². The molecule has 138 valence electrons. The molecule has 4 heteroatoms. The van der Waals surface area contributed by atoms with Gasteiger partial charge in [-0.3, -0.25) is 9.59 Å². The SMILES string of the molecule is C[C@]12CC=C3[C@@H](CC[C@H]4CC(=O)CC[C@]34C)[C@@H]1CC[C@]2(O)C(=O)CO. The summed E-state index contributed by atoms with van der Waals surface area (Å²) in [6.45, 7) is 3.80. The van der Waals surface area contributed by atoms with Crippen molar-refractivity contribution in [2.45, 2.75) is 70.8 Å². The van der Waals surface area contributed by atoms with E-state index in [-0.39, 0.29) is 5.41 Å². The number of ketones is 2. The van der Waals surface area contributed by atoms with Gasteiger partial charge in [-0.05, 0) is 61.7 Å². The van der Waals surface area contributed by atoms with E-state index in [0.29, 0.717) is 42.8 Å². The summed E-state index contributed by atoms with van der Waals surface area (Å²) in [6.07, 6.45) is 8.78. The van der Waals surface area contributed by atoms with Crippen molar-refractivity contribution in [3.63, 3.8) is 0 Å². The van der Waals surface area contributed by atoms with Crippen LogP contribution in [0.3, 0.4) is 0 Å². The monoisotopic (exact) mass is 346 g/mol. The highest BCUT2D eigenvalue weighted by Gasteiger charge is 2.64. The van der Waals surface area contributed by atoms with Crippen LogP contribution in [0.4, 0.5) is 0 Å². The molecule has 0 aromatic heterocycles. The molecule has 0 saturated heterocycles. The largest absolute Gasteiger partial charge is 0.388 e. The highest BCUT2D eigenvalue weighted by atomic mass is 16.3. The Kier molecular flexibility index (Phi) is 3.83. The molecule has 4 aliphatic carbocycles. The zero-order valence-corrected chi connectivity index (χ0v) is 15.4. The van der Waals surface area contributed by atoms with Crippen LogP contribution < -0.4 is 0 Å². The maximum Gasteiger partial charge on any atom is 0.190 e. The standard InChI is InChI=1S/C21H30O4/c1-19-8-5-14(23)11-13(19)3-4-15-16(19)6-9-20(2)17(15)7-10-21(20,25)18(24)12-22/h6,13,15,17,22,25H,3-5,7-12H2,1-2H3/t13-,15+,17-,19-,20-,21-/m0/s1. The van der Waals surface area contributed by atoms with E-state index >= 15 is 0 Å². The van der Waals surface area contributed by atoms with E-state index in [4.69, 9.17) is 0 Å². The van der Waals surface area contributed by atoms with Gasteiger partial charge in [0.25, 0.3) is 0 Å². The summed E-state index contributed by atoms with van der Waals surface area (Å²) >= 11 is 0. The number of aliphatic hydroxyl groups excluding tert-OH is 1. The van der Waals surface area contributed by atoms with Crippen LogP contribution in [0.25, 0.3) is 0 Å². The quantitative estimate of drug-likeness (QED) is 0.754. The van der Waals surface area contributed by atoms with Gasteiger partial charge < -0.3 is 10.2 Å². The van der Waals surface area contributed by atoms with Gasteiger partial charge >= 0.3 is 0 Å². The second kappa shape index (κ2) is 5.50. The minimum Gasteiger partial charge on any atom is -0.388 e. The van der Waals surface area contributed by atoms with Gasteiger partial charge in [0.15, 0.2) is 5.78 Å². The van der Waals surface area contributed by atoms with Gasteiger partial charge in [0, 0.05) is 18.3 Å². The first-order chi connectivity index (χ1) is 11.8. The molecule has 6 atom stereocenters. The van der Waals surface area contributed by atoms with Gasteiger partial charge in [-0.1, -0.05) is 25.5 Å². The summed E-state index contributed by atoms with van der Waals surface area (Å²) in [5.41, 5.74) is -0.261. The lowest BCUT2D eigenvalue weighted by Crippen LogP contribution is -2.56. The van der Waals surface area contributed by atoms with E-state index < -0.39 is 23.4 Å². The van der Waals surface area contributed by atoms with E-state index in [1.807, 2.05) is 6.92 Å². The van der Waals surface area contributed by atoms with Crippen LogP contribution in [0.15, 0.2) is 11.6 Å². The van der Waals surface area contributed by atoms with Crippen molar-refractivity contribution in [1.82, 2.24) is 0 Å². The van der Waals surface area contributed by atoms with Crippen LogP contribution in [0.2, 0.25) is 0 Å². The van der Waals surface area contributed by atoms with E-state index in [1.165, 1.54) is 5.57 Å². The number of hydrogen-bond donors (Lipinski definition) is 2. The normalized spacial score (nSPS) is 49.0. The zero-order valence-electron chi connectivity index (χ0n) is 15.4. The second-order valence-electron chi connectivity index (χ2n) is 9.41. The molecule has 0 spiro atoms. The number of allylic oxidation sites excluding steroid dienone is 2. The Hall–Kier alpha value is -1.00. The Morgan fingerprint density at radius 3 is 2.72 bits per heavy atom. The Morgan fingerprint density at radius 2 is 2.00 bits per heavy atom. The fourth-order valence-electron chi connectivity index (χ4n) is 6.92. The van der Waals surface area contributed by atoms with Crippen LogP contribution in [-0.2, 0) is 9.59 Å². The summed E-state index contributed by atoms with van der Waals surface area (Å²) in [4.78, 5) is 24.3. The van der Waals surface area contributed by atoms with Crippen molar-refractivity contribution < 1.29 is 19.8 Å². The molecule has 25 heavy (non-hydrogen) atoms. The first kappa shape index (κ1) is 17.4. The van der Waals surface area contributed by atoms with E-state index in [1.54, 1.807) is 0 Å². The molecular weight excluding hydrogens is 316 g/mol. The first-order valence-electron chi connectivity index (χ1n) is 9.85. The van der Waals surface area contributed by atoms with Crippen molar-refractivity contribution in [1.29, 1.82) is 0 Å². The molecule has 0 aromatic carbocycles. The Bertz CT molecular complexity index is 652. The molecule has 0 heterocycles. The molecule has 0 radical (unpaired) electrons. The molecule has 4 nitrogen and oxygen atoms in total. The van der Waals surface area contributed by atoms with Gasteiger partial charge in [-0.25, -0.2) is 0 Å². The van der Waals surface area contributed by atoms with Gasteiger partial charge in [0.2, 0.25) is 0 Å². The number of rotatable bonds is 2. The number of hydrogen-bond acceptors (Lipinski definition) is 4. The van der Waals surface area contributed by atoms with Crippen molar-refractivity contribution in [3.05, 3.63) is 11.6 Å². The van der Waals surface area contributed by atoms with E-state index in [9.17, 15) is 19.8 Å². The smallest absolute Gasteiger partial charge is 0.190 e. The van der Waals surface area contributed by atoms with Crippen molar-refractivity contribution in [3.8, 4) is 0 Å². The minimum absolute atomic E-state index is 0.111. The fourth-order valence-corrected chi connectivity index (χ4v) is 6.92. The van der Waals surface area contributed by atoms with Crippen molar-refractivity contribution in [2.75, 3.05) is 6.61 Å². The first-order valence-corrected chi connectivity index (χ1v) is 9.85. The molecular formula is C21H30O4. The summed E-state index contributed by atoms with van der Waals surface area (Å²) < 4.78 is 0.